The van der Waals surface area contributed by atoms with Crippen LogP contribution in [0.25, 0.3) is 0 Å². The van der Waals surface area contributed by atoms with Crippen LogP contribution in [0.2, 0.25) is 0 Å². The second-order valence-electron chi connectivity index (χ2n) is 4.64. The van der Waals surface area contributed by atoms with Crippen molar-refractivity contribution in [1.82, 2.24) is 4.72 Å². The first-order valence-electron chi connectivity index (χ1n) is 6.38. The van der Waals surface area contributed by atoms with Crippen molar-refractivity contribution in [3.05, 3.63) is 16.3 Å². The molecular weight excluding hydrogens is 286 g/mol. The van der Waals surface area contributed by atoms with Crippen LogP contribution >= 0.6 is 11.3 Å². The fourth-order valence-corrected chi connectivity index (χ4v) is 4.04. The summed E-state index contributed by atoms with van der Waals surface area (Å²) in [6, 6.07) is 1.52. The summed E-state index contributed by atoms with van der Waals surface area (Å²) in [6.45, 7) is 1.48. The van der Waals surface area contributed by atoms with E-state index in [1.165, 1.54) is 30.2 Å². The van der Waals surface area contributed by atoms with Crippen molar-refractivity contribution < 1.29 is 18.3 Å². The second-order valence-corrected chi connectivity index (χ2v) is 7.37. The van der Waals surface area contributed by atoms with Gasteiger partial charge in [0.25, 0.3) is 0 Å². The number of nitrogens with one attached hydrogen (secondary N) is 1. The molecule has 2 N–H and O–H groups in total. The monoisotopic (exact) mass is 305 g/mol. The smallest absolute Gasteiger partial charge is 0.241 e. The zero-order valence-electron chi connectivity index (χ0n) is 10.7. The third-order valence-corrected chi connectivity index (χ3v) is 5.53. The third kappa shape index (κ3) is 4.54. The average molecular weight is 305 g/mol. The van der Waals surface area contributed by atoms with Crippen LogP contribution < -0.4 is 4.72 Å². The van der Waals surface area contributed by atoms with E-state index in [2.05, 4.69) is 4.72 Å². The van der Waals surface area contributed by atoms with Crippen molar-refractivity contribution in [2.45, 2.75) is 30.8 Å². The van der Waals surface area contributed by atoms with E-state index in [9.17, 15) is 8.42 Å². The Hall–Kier alpha value is -0.470. The molecule has 1 saturated carbocycles. The number of aliphatic hydroxyl groups excluding tert-OH is 1. The maximum atomic E-state index is 12.0. The Morgan fingerprint density at radius 1 is 1.47 bits per heavy atom. The molecule has 0 radical (unpaired) electrons. The molecule has 0 aliphatic heterocycles. The molecule has 2 rings (SSSR count). The Balaban J connectivity index is 1.71. The van der Waals surface area contributed by atoms with Crippen molar-refractivity contribution in [1.29, 1.82) is 0 Å². The largest absolute Gasteiger partial charge is 0.391 e. The van der Waals surface area contributed by atoms with E-state index in [1.807, 2.05) is 0 Å². The Kier molecular flexibility index (Phi) is 5.35. The molecule has 1 aliphatic carbocycles. The topological polar surface area (TPSA) is 75.6 Å². The molecule has 19 heavy (non-hydrogen) atoms. The predicted molar refractivity (Wildman–Crippen MR) is 73.6 cm³/mol. The molecule has 1 aliphatic rings. The van der Waals surface area contributed by atoms with E-state index in [0.29, 0.717) is 24.4 Å². The first-order valence-corrected chi connectivity index (χ1v) is 8.74. The minimum atomic E-state index is -3.51. The minimum Gasteiger partial charge on any atom is -0.391 e. The molecule has 0 bridgehead atoms. The maximum absolute atomic E-state index is 12.0. The maximum Gasteiger partial charge on any atom is 0.241 e. The lowest BCUT2D eigenvalue weighted by Gasteiger charge is -2.07. The summed E-state index contributed by atoms with van der Waals surface area (Å²) in [4.78, 5) is 0.649. The molecule has 0 unspecified atom stereocenters. The third-order valence-electron chi connectivity index (χ3n) is 2.95. The van der Waals surface area contributed by atoms with Crippen molar-refractivity contribution in [3.63, 3.8) is 0 Å². The first-order chi connectivity index (χ1) is 9.13. The molecule has 0 atom stereocenters. The standard InChI is InChI=1S/C12H19NO4S2/c14-8-11-12(4-7-18-11)19(15,16)13-5-1-6-17-9-10-2-3-10/h4,7,10,13-14H,1-3,5-6,8-9H2. The fourth-order valence-electron chi connectivity index (χ4n) is 1.68. The van der Waals surface area contributed by atoms with Crippen LogP contribution in [0.5, 0.6) is 0 Å². The van der Waals surface area contributed by atoms with Gasteiger partial charge in [0.2, 0.25) is 10.0 Å². The number of sulfonamides is 1. The van der Waals surface area contributed by atoms with Crippen LogP contribution in [-0.2, 0) is 21.4 Å². The first kappa shape index (κ1) is 14.9. The molecule has 1 heterocycles. The summed E-state index contributed by atoms with van der Waals surface area (Å²) < 4.78 is 31.9. The van der Waals surface area contributed by atoms with Gasteiger partial charge in [-0.2, -0.15) is 0 Å². The summed E-state index contributed by atoms with van der Waals surface area (Å²) in [6.07, 6.45) is 3.17. The van der Waals surface area contributed by atoms with Crippen molar-refractivity contribution >= 4 is 21.4 Å². The lowest BCUT2D eigenvalue weighted by atomic mass is 10.4. The highest BCUT2D eigenvalue weighted by atomic mass is 32.2. The molecule has 1 aromatic heterocycles. The Labute approximate surface area is 117 Å². The number of hydrogen-bond donors (Lipinski definition) is 2. The van der Waals surface area contributed by atoms with Gasteiger partial charge in [-0.3, -0.25) is 0 Å². The van der Waals surface area contributed by atoms with E-state index in [0.717, 1.165) is 12.5 Å². The summed E-state index contributed by atoms with van der Waals surface area (Å²) in [5, 5.41) is 10.7. The van der Waals surface area contributed by atoms with Crippen molar-refractivity contribution in [2.75, 3.05) is 19.8 Å². The van der Waals surface area contributed by atoms with Crippen LogP contribution in [0.1, 0.15) is 24.1 Å². The van der Waals surface area contributed by atoms with Crippen LogP contribution in [0.15, 0.2) is 16.3 Å². The average Bonchev–Trinajstić information content (AvgIpc) is 3.06. The van der Waals surface area contributed by atoms with Gasteiger partial charge < -0.3 is 9.84 Å². The van der Waals surface area contributed by atoms with Gasteiger partial charge >= 0.3 is 0 Å². The molecule has 0 saturated heterocycles. The highest BCUT2D eigenvalue weighted by Crippen LogP contribution is 2.28. The van der Waals surface area contributed by atoms with Gasteiger partial charge in [-0.15, -0.1) is 11.3 Å². The Bertz CT molecular complexity index is 494. The van der Waals surface area contributed by atoms with E-state index in [-0.39, 0.29) is 11.5 Å². The molecule has 5 nitrogen and oxygen atoms in total. The highest BCUT2D eigenvalue weighted by Gasteiger charge is 2.21. The lowest BCUT2D eigenvalue weighted by molar-refractivity contribution is 0.123. The van der Waals surface area contributed by atoms with Gasteiger partial charge in [-0.05, 0) is 36.6 Å². The predicted octanol–water partition coefficient (Wildman–Crippen LogP) is 1.34. The highest BCUT2D eigenvalue weighted by molar-refractivity contribution is 7.89. The van der Waals surface area contributed by atoms with Crippen LogP contribution in [-0.4, -0.2) is 33.3 Å². The Morgan fingerprint density at radius 3 is 2.95 bits per heavy atom. The van der Waals surface area contributed by atoms with Crippen molar-refractivity contribution in [3.8, 4) is 0 Å². The van der Waals surface area contributed by atoms with Crippen LogP contribution in [0.3, 0.4) is 0 Å². The molecule has 1 fully saturated rings. The lowest BCUT2D eigenvalue weighted by Crippen LogP contribution is -2.26. The summed E-state index contributed by atoms with van der Waals surface area (Å²) in [7, 11) is -3.51. The fraction of sp³-hybridized carbons (Fsp3) is 0.667. The van der Waals surface area contributed by atoms with Gasteiger partial charge in [0, 0.05) is 24.6 Å². The van der Waals surface area contributed by atoms with Crippen LogP contribution in [0, 0.1) is 5.92 Å². The van der Waals surface area contributed by atoms with Gasteiger partial charge in [-0.25, -0.2) is 13.1 Å². The normalized spacial score (nSPS) is 15.8. The molecule has 7 heteroatoms. The molecule has 1 aromatic rings. The zero-order valence-corrected chi connectivity index (χ0v) is 12.3. The molecular formula is C12H19NO4S2. The van der Waals surface area contributed by atoms with E-state index < -0.39 is 10.0 Å². The summed E-state index contributed by atoms with van der Waals surface area (Å²) in [5.41, 5.74) is 0. The second kappa shape index (κ2) is 6.81. The van der Waals surface area contributed by atoms with E-state index >= 15 is 0 Å². The molecule has 0 aromatic carbocycles. The summed E-state index contributed by atoms with van der Waals surface area (Å²) in [5.74, 6) is 0.731. The van der Waals surface area contributed by atoms with Gasteiger partial charge in [0.15, 0.2) is 0 Å². The van der Waals surface area contributed by atoms with Gasteiger partial charge in [0.05, 0.1) is 11.5 Å². The van der Waals surface area contributed by atoms with Crippen LogP contribution in [0.4, 0.5) is 0 Å². The van der Waals surface area contributed by atoms with Gasteiger partial charge in [0.1, 0.15) is 0 Å². The number of thiophene rings is 1. The Morgan fingerprint density at radius 2 is 2.26 bits per heavy atom. The number of hydrogen-bond acceptors (Lipinski definition) is 5. The molecule has 0 amide bonds. The van der Waals surface area contributed by atoms with E-state index in [4.69, 9.17) is 9.84 Å². The molecule has 108 valence electrons. The number of rotatable bonds is 9. The van der Waals surface area contributed by atoms with Crippen molar-refractivity contribution in [2.24, 2.45) is 5.92 Å². The summed E-state index contributed by atoms with van der Waals surface area (Å²) >= 11 is 1.24. The SMILES string of the molecule is O=S(=O)(NCCCOCC1CC1)c1ccsc1CO. The quantitative estimate of drug-likeness (QED) is 0.675. The zero-order chi connectivity index (χ0) is 13.7. The van der Waals surface area contributed by atoms with E-state index in [1.54, 1.807) is 5.38 Å². The number of ether oxygens (including phenoxy) is 1. The number of aliphatic hydroxyl groups is 1. The minimum absolute atomic E-state index is 0.180. The molecule has 0 spiro atoms. The van der Waals surface area contributed by atoms with Gasteiger partial charge in [-0.1, -0.05) is 0 Å².